The van der Waals surface area contributed by atoms with Crippen LogP contribution < -0.4 is 5.32 Å². The lowest BCUT2D eigenvalue weighted by Gasteiger charge is -2.05. The third-order valence-electron chi connectivity index (χ3n) is 1.08. The van der Waals surface area contributed by atoms with Crippen molar-refractivity contribution in [2.24, 2.45) is 0 Å². The van der Waals surface area contributed by atoms with Crippen molar-refractivity contribution in [2.45, 2.75) is 18.8 Å². The monoisotopic (exact) mass is 197 g/mol. The van der Waals surface area contributed by atoms with Crippen LogP contribution in [0.15, 0.2) is 0 Å². The standard InChI is InChI=1S/C5H11NO5S/c1-2-6-4(7)3-5(8)12(9,10)11/h5,8H,2-3H2,1H3,(H,6,7)(H,9,10,11). The minimum atomic E-state index is -4.52. The highest BCUT2D eigenvalue weighted by Gasteiger charge is 2.22. The van der Waals surface area contributed by atoms with Crippen molar-refractivity contribution < 1.29 is 22.9 Å². The number of carbonyl (C=O) groups is 1. The summed E-state index contributed by atoms with van der Waals surface area (Å²) in [5.41, 5.74) is -2.04. The topological polar surface area (TPSA) is 104 Å². The molecule has 1 unspecified atom stereocenters. The van der Waals surface area contributed by atoms with Crippen LogP contribution in [-0.4, -0.2) is 36.0 Å². The van der Waals surface area contributed by atoms with E-state index in [0.717, 1.165) is 0 Å². The van der Waals surface area contributed by atoms with E-state index in [1.165, 1.54) is 0 Å². The minimum absolute atomic E-state index is 0.344. The lowest BCUT2D eigenvalue weighted by molar-refractivity contribution is -0.122. The van der Waals surface area contributed by atoms with Gasteiger partial charge >= 0.3 is 0 Å². The molecule has 0 aliphatic rings. The van der Waals surface area contributed by atoms with Gasteiger partial charge in [0.25, 0.3) is 10.1 Å². The lowest BCUT2D eigenvalue weighted by Crippen LogP contribution is -2.30. The first kappa shape index (κ1) is 11.3. The highest BCUT2D eigenvalue weighted by molar-refractivity contribution is 7.86. The molecule has 0 fully saturated rings. The average Bonchev–Trinajstić information content (AvgIpc) is 1.85. The van der Waals surface area contributed by atoms with Gasteiger partial charge in [0.05, 0.1) is 6.42 Å². The van der Waals surface area contributed by atoms with E-state index in [1.54, 1.807) is 6.92 Å². The molecule has 7 heteroatoms. The highest BCUT2D eigenvalue weighted by atomic mass is 32.2. The molecule has 6 nitrogen and oxygen atoms in total. The largest absolute Gasteiger partial charge is 0.375 e. The highest BCUT2D eigenvalue weighted by Crippen LogP contribution is 1.98. The molecule has 0 spiro atoms. The fourth-order valence-electron chi connectivity index (χ4n) is 0.533. The van der Waals surface area contributed by atoms with Crippen LogP contribution in [0.4, 0.5) is 0 Å². The Morgan fingerprint density at radius 3 is 2.42 bits per heavy atom. The Morgan fingerprint density at radius 1 is 1.58 bits per heavy atom. The Hall–Kier alpha value is -0.660. The summed E-state index contributed by atoms with van der Waals surface area (Å²) in [6, 6.07) is 0. The number of amides is 1. The molecule has 1 atom stereocenters. The molecular formula is C5H11NO5S. The van der Waals surface area contributed by atoms with Crippen molar-refractivity contribution in [3.63, 3.8) is 0 Å². The van der Waals surface area contributed by atoms with E-state index in [0.29, 0.717) is 6.54 Å². The molecule has 0 aliphatic heterocycles. The quantitative estimate of drug-likeness (QED) is 0.487. The van der Waals surface area contributed by atoms with E-state index < -0.39 is 27.9 Å². The summed E-state index contributed by atoms with van der Waals surface area (Å²) in [6.07, 6.45) is -0.646. The summed E-state index contributed by atoms with van der Waals surface area (Å²) in [7, 11) is -4.52. The zero-order valence-electron chi connectivity index (χ0n) is 6.52. The van der Waals surface area contributed by atoms with Gasteiger partial charge in [0.2, 0.25) is 5.91 Å². The van der Waals surface area contributed by atoms with Crippen molar-refractivity contribution in [1.82, 2.24) is 5.32 Å². The third-order valence-corrected chi connectivity index (χ3v) is 1.93. The molecule has 72 valence electrons. The van der Waals surface area contributed by atoms with Gasteiger partial charge in [-0.2, -0.15) is 8.42 Å². The number of carbonyl (C=O) groups excluding carboxylic acids is 1. The van der Waals surface area contributed by atoms with Crippen molar-refractivity contribution in [1.29, 1.82) is 0 Å². The number of aliphatic hydroxyl groups is 1. The molecule has 0 aromatic carbocycles. The van der Waals surface area contributed by atoms with Gasteiger partial charge in [-0.3, -0.25) is 9.35 Å². The zero-order valence-corrected chi connectivity index (χ0v) is 7.34. The van der Waals surface area contributed by atoms with Crippen LogP contribution in [0.2, 0.25) is 0 Å². The van der Waals surface area contributed by atoms with E-state index in [4.69, 9.17) is 9.66 Å². The molecule has 0 radical (unpaired) electrons. The summed E-state index contributed by atoms with van der Waals surface area (Å²) in [6.45, 7) is 1.99. The number of aliphatic hydroxyl groups excluding tert-OH is 1. The molecule has 0 saturated carbocycles. The predicted octanol–water partition coefficient (Wildman–Crippen LogP) is -1.28. The molecule has 0 aromatic rings. The number of hydrogen-bond acceptors (Lipinski definition) is 4. The Morgan fingerprint density at radius 2 is 2.08 bits per heavy atom. The zero-order chi connectivity index (χ0) is 9.78. The van der Waals surface area contributed by atoms with Crippen LogP contribution in [0.25, 0.3) is 0 Å². The van der Waals surface area contributed by atoms with Crippen LogP contribution >= 0.6 is 0 Å². The van der Waals surface area contributed by atoms with Gasteiger partial charge in [-0.1, -0.05) is 0 Å². The smallest absolute Gasteiger partial charge is 0.292 e. The summed E-state index contributed by atoms with van der Waals surface area (Å²) >= 11 is 0. The average molecular weight is 197 g/mol. The van der Waals surface area contributed by atoms with Crippen LogP contribution in [0, 0.1) is 0 Å². The van der Waals surface area contributed by atoms with Gasteiger partial charge in [0.15, 0.2) is 5.44 Å². The van der Waals surface area contributed by atoms with Crippen molar-refractivity contribution >= 4 is 16.0 Å². The Balaban J connectivity index is 4.02. The molecule has 0 bridgehead atoms. The van der Waals surface area contributed by atoms with E-state index in [2.05, 4.69) is 5.32 Å². The SMILES string of the molecule is CCNC(=O)CC(O)S(=O)(=O)O. The molecule has 12 heavy (non-hydrogen) atoms. The number of rotatable bonds is 4. The van der Waals surface area contributed by atoms with Gasteiger partial charge in [0, 0.05) is 6.54 Å². The number of nitrogens with one attached hydrogen (secondary N) is 1. The summed E-state index contributed by atoms with van der Waals surface area (Å²) in [5, 5.41) is 11.0. The first-order valence-electron chi connectivity index (χ1n) is 3.29. The van der Waals surface area contributed by atoms with Crippen molar-refractivity contribution in [3.8, 4) is 0 Å². The Kier molecular flexibility index (Phi) is 4.15. The van der Waals surface area contributed by atoms with Gasteiger partial charge < -0.3 is 10.4 Å². The van der Waals surface area contributed by atoms with E-state index >= 15 is 0 Å². The van der Waals surface area contributed by atoms with Crippen LogP contribution in [0.5, 0.6) is 0 Å². The van der Waals surface area contributed by atoms with Crippen molar-refractivity contribution in [3.05, 3.63) is 0 Å². The Bertz CT molecular complexity index is 247. The Labute approximate surface area is 70.3 Å². The molecule has 1 amide bonds. The maximum Gasteiger partial charge on any atom is 0.292 e. The third kappa shape index (κ3) is 4.27. The molecule has 0 saturated heterocycles. The summed E-state index contributed by atoms with van der Waals surface area (Å²) in [4.78, 5) is 10.7. The van der Waals surface area contributed by atoms with Gasteiger partial charge in [-0.15, -0.1) is 0 Å². The molecule has 3 N–H and O–H groups in total. The number of hydrogen-bond donors (Lipinski definition) is 3. The molecule has 0 rings (SSSR count). The normalized spacial score (nSPS) is 13.9. The van der Waals surface area contributed by atoms with E-state index in [-0.39, 0.29) is 0 Å². The predicted molar refractivity (Wildman–Crippen MR) is 40.9 cm³/mol. The lowest BCUT2D eigenvalue weighted by atomic mass is 10.4. The maximum atomic E-state index is 10.7. The second-order valence-corrected chi connectivity index (χ2v) is 3.70. The van der Waals surface area contributed by atoms with Gasteiger partial charge in [0.1, 0.15) is 0 Å². The van der Waals surface area contributed by atoms with E-state index in [9.17, 15) is 13.2 Å². The van der Waals surface area contributed by atoms with Crippen LogP contribution in [0.3, 0.4) is 0 Å². The van der Waals surface area contributed by atoms with Crippen molar-refractivity contribution in [2.75, 3.05) is 6.54 Å². The van der Waals surface area contributed by atoms with Crippen LogP contribution in [0.1, 0.15) is 13.3 Å². The first-order valence-corrected chi connectivity index (χ1v) is 4.79. The first-order chi connectivity index (χ1) is 5.38. The fraction of sp³-hybridized carbons (Fsp3) is 0.800. The second-order valence-electron chi connectivity index (χ2n) is 2.13. The molecule has 0 aliphatic carbocycles. The molecular weight excluding hydrogens is 186 g/mol. The van der Waals surface area contributed by atoms with E-state index in [1.807, 2.05) is 0 Å². The summed E-state index contributed by atoms with van der Waals surface area (Å²) in [5.74, 6) is -0.623. The van der Waals surface area contributed by atoms with Gasteiger partial charge in [-0.05, 0) is 6.92 Å². The second kappa shape index (κ2) is 4.39. The fourth-order valence-corrected chi connectivity index (χ4v) is 0.895. The minimum Gasteiger partial charge on any atom is -0.375 e. The molecule has 0 aromatic heterocycles. The van der Waals surface area contributed by atoms with Gasteiger partial charge in [-0.25, -0.2) is 0 Å². The summed E-state index contributed by atoms with van der Waals surface area (Å²) < 4.78 is 28.6. The molecule has 0 heterocycles. The maximum absolute atomic E-state index is 10.7. The van der Waals surface area contributed by atoms with Crippen LogP contribution in [-0.2, 0) is 14.9 Å².